The summed E-state index contributed by atoms with van der Waals surface area (Å²) in [6.45, 7) is 7.03. The molecule has 2 aliphatic carbocycles. The summed E-state index contributed by atoms with van der Waals surface area (Å²) in [5, 5.41) is 12.4. The summed E-state index contributed by atoms with van der Waals surface area (Å²) in [4.78, 5) is 12.5. The van der Waals surface area contributed by atoms with Gasteiger partial charge in [-0.2, -0.15) is 0 Å². The van der Waals surface area contributed by atoms with Crippen LogP contribution in [0.15, 0.2) is 33.9 Å². The van der Waals surface area contributed by atoms with Crippen molar-refractivity contribution in [3.63, 3.8) is 0 Å². The van der Waals surface area contributed by atoms with Crippen molar-refractivity contribution in [2.24, 2.45) is 16.7 Å². The van der Waals surface area contributed by atoms with Crippen LogP contribution in [0.2, 0.25) is 5.02 Å². The number of thioether (sulfide) groups is 1. The second-order valence-electron chi connectivity index (χ2n) is 8.40. The SMILES string of the molecule is CC1(C)C2CCC1(C)C(NC(=O)CSc1nnc(-c3ccc(Cl)cc3)o1)C2. The summed E-state index contributed by atoms with van der Waals surface area (Å²) >= 11 is 7.17. The lowest BCUT2D eigenvalue weighted by atomic mass is 9.69. The van der Waals surface area contributed by atoms with Crippen LogP contribution in [-0.2, 0) is 4.79 Å². The average Bonchev–Trinajstić information content (AvgIpc) is 3.24. The minimum atomic E-state index is 0.0285. The topological polar surface area (TPSA) is 68.0 Å². The van der Waals surface area contributed by atoms with Crippen molar-refractivity contribution < 1.29 is 9.21 Å². The highest BCUT2D eigenvalue weighted by atomic mass is 35.5. The van der Waals surface area contributed by atoms with Gasteiger partial charge in [0.05, 0.1) is 5.75 Å². The van der Waals surface area contributed by atoms with Crippen molar-refractivity contribution in [1.82, 2.24) is 15.5 Å². The fraction of sp³-hybridized carbons (Fsp3) is 0.550. The van der Waals surface area contributed by atoms with E-state index < -0.39 is 0 Å². The Morgan fingerprint density at radius 1 is 1.30 bits per heavy atom. The summed E-state index contributed by atoms with van der Waals surface area (Å²) in [5.41, 5.74) is 1.28. The Bertz CT molecular complexity index is 851. The van der Waals surface area contributed by atoms with Crippen LogP contribution in [0.5, 0.6) is 0 Å². The fourth-order valence-electron chi connectivity index (χ4n) is 4.76. The van der Waals surface area contributed by atoms with Gasteiger partial charge in [0, 0.05) is 16.6 Å². The number of carbonyl (C=O) groups excluding carboxylic acids is 1. The van der Waals surface area contributed by atoms with E-state index in [2.05, 4.69) is 36.3 Å². The first-order valence-corrected chi connectivity index (χ1v) is 10.7. The quantitative estimate of drug-likeness (QED) is 0.722. The van der Waals surface area contributed by atoms with Crippen LogP contribution < -0.4 is 5.32 Å². The molecule has 1 heterocycles. The van der Waals surface area contributed by atoms with Crippen molar-refractivity contribution in [2.45, 2.75) is 51.3 Å². The van der Waals surface area contributed by atoms with Gasteiger partial charge in [0.15, 0.2) is 0 Å². The first-order chi connectivity index (χ1) is 12.8. The molecule has 0 radical (unpaired) electrons. The summed E-state index contributed by atoms with van der Waals surface area (Å²) in [6.07, 6.45) is 3.55. The minimum Gasteiger partial charge on any atom is -0.411 e. The van der Waals surface area contributed by atoms with E-state index in [9.17, 15) is 4.79 Å². The lowest BCUT2D eigenvalue weighted by Gasteiger charge is -2.39. The molecule has 7 heteroatoms. The van der Waals surface area contributed by atoms with E-state index in [-0.39, 0.29) is 28.5 Å². The number of amides is 1. The maximum atomic E-state index is 12.5. The summed E-state index contributed by atoms with van der Waals surface area (Å²) in [6, 6.07) is 7.47. The van der Waals surface area contributed by atoms with Crippen LogP contribution in [0, 0.1) is 16.7 Å². The van der Waals surface area contributed by atoms with Crippen LogP contribution >= 0.6 is 23.4 Å². The maximum Gasteiger partial charge on any atom is 0.277 e. The molecule has 27 heavy (non-hydrogen) atoms. The zero-order chi connectivity index (χ0) is 19.2. The van der Waals surface area contributed by atoms with Gasteiger partial charge in [0.2, 0.25) is 11.8 Å². The molecule has 5 nitrogen and oxygen atoms in total. The summed E-state index contributed by atoms with van der Waals surface area (Å²) in [7, 11) is 0. The molecule has 2 aliphatic rings. The van der Waals surface area contributed by atoms with Crippen molar-refractivity contribution in [3.05, 3.63) is 29.3 Å². The molecule has 1 aromatic carbocycles. The third-order valence-corrected chi connectivity index (χ3v) is 8.02. The van der Waals surface area contributed by atoms with Gasteiger partial charge in [-0.1, -0.05) is 44.1 Å². The van der Waals surface area contributed by atoms with Gasteiger partial charge in [0.1, 0.15) is 0 Å². The van der Waals surface area contributed by atoms with Crippen LogP contribution in [0.3, 0.4) is 0 Å². The van der Waals surface area contributed by atoms with Gasteiger partial charge in [-0.25, -0.2) is 0 Å². The van der Waals surface area contributed by atoms with E-state index in [4.69, 9.17) is 16.0 Å². The molecule has 0 spiro atoms. The van der Waals surface area contributed by atoms with Crippen molar-refractivity contribution in [1.29, 1.82) is 0 Å². The van der Waals surface area contributed by atoms with E-state index >= 15 is 0 Å². The molecule has 3 atom stereocenters. The molecule has 2 fully saturated rings. The lowest BCUT2D eigenvalue weighted by molar-refractivity contribution is -0.120. The Labute approximate surface area is 168 Å². The van der Waals surface area contributed by atoms with Crippen LogP contribution in [-0.4, -0.2) is 27.9 Å². The standard InChI is InChI=1S/C20H24ClN3O2S/c1-19(2)13-8-9-20(19,3)15(10-13)22-16(25)11-27-18-24-23-17(26-18)12-4-6-14(21)7-5-12/h4-7,13,15H,8-11H2,1-3H3,(H,22,25). The molecule has 2 saturated carbocycles. The number of hydrogen-bond acceptors (Lipinski definition) is 5. The molecule has 0 aliphatic heterocycles. The van der Waals surface area contributed by atoms with Crippen molar-refractivity contribution in [2.75, 3.05) is 5.75 Å². The highest BCUT2D eigenvalue weighted by molar-refractivity contribution is 7.99. The number of carbonyl (C=O) groups is 1. The predicted octanol–water partition coefficient (Wildman–Crippen LogP) is 4.81. The predicted molar refractivity (Wildman–Crippen MR) is 107 cm³/mol. The van der Waals surface area contributed by atoms with Gasteiger partial charge >= 0.3 is 0 Å². The third kappa shape index (κ3) is 3.27. The zero-order valence-corrected chi connectivity index (χ0v) is 17.4. The second kappa shape index (κ2) is 6.82. The lowest BCUT2D eigenvalue weighted by Crippen LogP contribution is -2.47. The fourth-order valence-corrected chi connectivity index (χ4v) is 5.46. The number of benzene rings is 1. The van der Waals surface area contributed by atoms with Gasteiger partial charge in [0.25, 0.3) is 5.22 Å². The van der Waals surface area contributed by atoms with Crippen LogP contribution in [0.4, 0.5) is 0 Å². The largest absolute Gasteiger partial charge is 0.411 e. The highest BCUT2D eigenvalue weighted by Crippen LogP contribution is 2.65. The maximum absolute atomic E-state index is 12.5. The zero-order valence-electron chi connectivity index (χ0n) is 15.8. The number of fused-ring (bicyclic) bond motifs is 2. The number of nitrogens with zero attached hydrogens (tertiary/aromatic N) is 2. The van der Waals surface area contributed by atoms with Crippen molar-refractivity contribution >= 4 is 29.3 Å². The number of halogens is 1. The number of nitrogens with one attached hydrogen (secondary N) is 1. The van der Waals surface area contributed by atoms with Crippen LogP contribution in [0.1, 0.15) is 40.0 Å². The molecule has 2 bridgehead atoms. The minimum absolute atomic E-state index is 0.0285. The van der Waals surface area contributed by atoms with Gasteiger partial charge in [-0.15, -0.1) is 10.2 Å². The molecule has 144 valence electrons. The Morgan fingerprint density at radius 2 is 2.04 bits per heavy atom. The van der Waals surface area contributed by atoms with E-state index in [1.54, 1.807) is 12.1 Å². The molecule has 2 aromatic rings. The average molecular weight is 406 g/mol. The Hall–Kier alpha value is -1.53. The highest BCUT2D eigenvalue weighted by Gasteiger charge is 2.61. The normalized spacial score (nSPS) is 28.4. The molecular weight excluding hydrogens is 382 g/mol. The third-order valence-electron chi connectivity index (χ3n) is 6.95. The summed E-state index contributed by atoms with van der Waals surface area (Å²) < 4.78 is 5.65. The number of rotatable bonds is 5. The summed E-state index contributed by atoms with van der Waals surface area (Å²) in [5.74, 6) is 1.44. The molecule has 1 amide bonds. The smallest absolute Gasteiger partial charge is 0.277 e. The van der Waals surface area contributed by atoms with E-state index in [1.165, 1.54) is 24.6 Å². The van der Waals surface area contributed by atoms with Gasteiger partial charge < -0.3 is 9.73 Å². The van der Waals surface area contributed by atoms with E-state index in [1.807, 2.05) is 12.1 Å². The van der Waals surface area contributed by atoms with E-state index in [0.717, 1.165) is 12.0 Å². The molecule has 4 rings (SSSR count). The first-order valence-electron chi connectivity index (χ1n) is 9.31. The molecule has 3 unspecified atom stereocenters. The van der Waals surface area contributed by atoms with Gasteiger partial charge in [-0.3, -0.25) is 4.79 Å². The number of hydrogen-bond donors (Lipinski definition) is 1. The Kier molecular flexibility index (Phi) is 4.75. The first kappa shape index (κ1) is 18.8. The number of aromatic nitrogens is 2. The van der Waals surface area contributed by atoms with Gasteiger partial charge in [-0.05, 0) is 60.3 Å². The molecule has 1 aromatic heterocycles. The van der Waals surface area contributed by atoms with Crippen molar-refractivity contribution in [3.8, 4) is 11.5 Å². The second-order valence-corrected chi connectivity index (χ2v) is 9.76. The Balaban J connectivity index is 1.33. The molecule has 1 N–H and O–H groups in total. The molecular formula is C20H24ClN3O2S. The molecule has 0 saturated heterocycles. The van der Waals surface area contributed by atoms with E-state index in [0.29, 0.717) is 22.1 Å². The monoisotopic (exact) mass is 405 g/mol. The van der Waals surface area contributed by atoms with Crippen LogP contribution in [0.25, 0.3) is 11.5 Å². The Morgan fingerprint density at radius 3 is 2.67 bits per heavy atom.